The third kappa shape index (κ3) is 6.50. The van der Waals surface area contributed by atoms with E-state index in [1.165, 1.54) is 11.3 Å². The number of benzene rings is 1. The van der Waals surface area contributed by atoms with Crippen LogP contribution in [0.5, 0.6) is 0 Å². The molecule has 2 amide bonds. The number of primary amides is 1. The Balaban J connectivity index is 1.46. The van der Waals surface area contributed by atoms with Crippen molar-refractivity contribution < 1.29 is 19.2 Å². The zero-order valence-corrected chi connectivity index (χ0v) is 19.1. The number of carbonyl (C=O) groups excluding carboxylic acids is 4. The molecule has 0 aliphatic carbocycles. The van der Waals surface area contributed by atoms with Crippen molar-refractivity contribution in [3.05, 3.63) is 46.2 Å². The van der Waals surface area contributed by atoms with E-state index in [0.717, 1.165) is 10.6 Å². The van der Waals surface area contributed by atoms with Crippen molar-refractivity contribution in [2.24, 2.45) is 11.7 Å². The number of hydrogen-bond donors (Lipinski definition) is 2. The van der Waals surface area contributed by atoms with Crippen molar-refractivity contribution in [2.45, 2.75) is 45.4 Å². The fraction of sp³-hybridized carbons (Fsp3) is 0.417. The van der Waals surface area contributed by atoms with Crippen LogP contribution in [0.1, 0.15) is 53.1 Å². The molecule has 0 unspecified atom stereocenters. The fourth-order valence-electron chi connectivity index (χ4n) is 3.81. The zero-order chi connectivity index (χ0) is 23.1. The SMILES string of the molecule is Cc1ccc(C(=O)CCC(=O)CCC(=O)Nc2ccccc2N2CCC(C(N)=O)CC2)s1. The second kappa shape index (κ2) is 11.0. The summed E-state index contributed by atoms with van der Waals surface area (Å²) in [6, 6.07) is 11.2. The van der Waals surface area contributed by atoms with Crippen molar-refractivity contribution in [3.8, 4) is 0 Å². The van der Waals surface area contributed by atoms with E-state index in [-0.39, 0.29) is 55.0 Å². The lowest BCUT2D eigenvalue weighted by molar-refractivity contribution is -0.122. The molecule has 0 saturated carbocycles. The predicted molar refractivity (Wildman–Crippen MR) is 126 cm³/mol. The largest absolute Gasteiger partial charge is 0.370 e. The summed E-state index contributed by atoms with van der Waals surface area (Å²) in [5.74, 6) is -0.727. The maximum atomic E-state index is 12.4. The smallest absolute Gasteiger partial charge is 0.224 e. The predicted octanol–water partition coefficient (Wildman–Crippen LogP) is 3.71. The molecule has 1 aliphatic heterocycles. The van der Waals surface area contributed by atoms with E-state index in [0.29, 0.717) is 36.5 Å². The van der Waals surface area contributed by atoms with Crippen LogP contribution in [0.2, 0.25) is 0 Å². The Labute approximate surface area is 192 Å². The molecule has 170 valence electrons. The number of rotatable bonds is 10. The number of hydrogen-bond acceptors (Lipinski definition) is 6. The van der Waals surface area contributed by atoms with Crippen LogP contribution in [0.15, 0.2) is 36.4 Å². The van der Waals surface area contributed by atoms with Crippen molar-refractivity contribution in [1.82, 2.24) is 0 Å². The Kier molecular flexibility index (Phi) is 8.16. The van der Waals surface area contributed by atoms with E-state index >= 15 is 0 Å². The quantitative estimate of drug-likeness (QED) is 0.531. The molecule has 7 nitrogen and oxygen atoms in total. The van der Waals surface area contributed by atoms with Crippen molar-refractivity contribution in [2.75, 3.05) is 23.3 Å². The van der Waals surface area contributed by atoms with Crippen LogP contribution in [-0.4, -0.2) is 36.5 Å². The van der Waals surface area contributed by atoms with Crippen LogP contribution in [0.25, 0.3) is 0 Å². The molecule has 0 radical (unpaired) electrons. The highest BCUT2D eigenvalue weighted by atomic mass is 32.1. The van der Waals surface area contributed by atoms with Gasteiger partial charge in [0.1, 0.15) is 5.78 Å². The van der Waals surface area contributed by atoms with Gasteiger partial charge in [-0.15, -0.1) is 11.3 Å². The average Bonchev–Trinajstić information content (AvgIpc) is 3.23. The van der Waals surface area contributed by atoms with Gasteiger partial charge in [0.05, 0.1) is 16.3 Å². The minimum atomic E-state index is -0.261. The number of nitrogens with one attached hydrogen (secondary N) is 1. The first kappa shape index (κ1) is 23.7. The van der Waals surface area contributed by atoms with Gasteiger partial charge in [-0.2, -0.15) is 0 Å². The second-order valence-electron chi connectivity index (χ2n) is 8.10. The molecule has 1 aromatic carbocycles. The van der Waals surface area contributed by atoms with Crippen LogP contribution in [0.4, 0.5) is 11.4 Å². The van der Waals surface area contributed by atoms with Crippen LogP contribution in [-0.2, 0) is 14.4 Å². The molecular weight excluding hydrogens is 426 g/mol. The first-order valence-electron chi connectivity index (χ1n) is 10.9. The Morgan fingerprint density at radius 3 is 2.34 bits per heavy atom. The summed E-state index contributed by atoms with van der Waals surface area (Å²) in [6.45, 7) is 3.32. The minimum absolute atomic E-state index is 0.0325. The van der Waals surface area contributed by atoms with Gasteiger partial charge in [0.15, 0.2) is 5.78 Å². The minimum Gasteiger partial charge on any atom is -0.370 e. The van der Waals surface area contributed by atoms with Gasteiger partial charge in [0, 0.05) is 49.6 Å². The molecule has 3 N–H and O–H groups in total. The lowest BCUT2D eigenvalue weighted by Gasteiger charge is -2.33. The van der Waals surface area contributed by atoms with Gasteiger partial charge in [0.25, 0.3) is 0 Å². The normalized spacial score (nSPS) is 14.2. The molecular formula is C24H29N3O4S. The van der Waals surface area contributed by atoms with E-state index in [4.69, 9.17) is 5.73 Å². The first-order chi connectivity index (χ1) is 15.3. The van der Waals surface area contributed by atoms with Crippen LogP contribution >= 0.6 is 11.3 Å². The van der Waals surface area contributed by atoms with E-state index in [9.17, 15) is 19.2 Å². The summed E-state index contributed by atoms with van der Waals surface area (Å²) in [5.41, 5.74) is 6.99. The zero-order valence-electron chi connectivity index (χ0n) is 18.3. The second-order valence-corrected chi connectivity index (χ2v) is 9.39. The van der Waals surface area contributed by atoms with Gasteiger partial charge in [-0.1, -0.05) is 12.1 Å². The summed E-state index contributed by atoms with van der Waals surface area (Å²) in [6.07, 6.45) is 1.88. The molecule has 3 rings (SSSR count). The molecule has 1 fully saturated rings. The Morgan fingerprint density at radius 1 is 1.00 bits per heavy atom. The summed E-state index contributed by atoms with van der Waals surface area (Å²) in [4.78, 5) is 52.0. The van der Waals surface area contributed by atoms with Crippen LogP contribution in [0, 0.1) is 12.8 Å². The van der Waals surface area contributed by atoms with E-state index in [1.54, 1.807) is 6.07 Å². The number of thiophene rings is 1. The number of ketones is 2. The third-order valence-electron chi connectivity index (χ3n) is 5.69. The number of piperidine rings is 1. The molecule has 32 heavy (non-hydrogen) atoms. The van der Waals surface area contributed by atoms with Crippen molar-refractivity contribution >= 4 is 46.1 Å². The summed E-state index contributed by atoms with van der Waals surface area (Å²) < 4.78 is 0. The molecule has 0 bridgehead atoms. The molecule has 0 spiro atoms. The lowest BCUT2D eigenvalue weighted by Crippen LogP contribution is -2.38. The number of nitrogens with two attached hydrogens (primary N) is 1. The summed E-state index contributed by atoms with van der Waals surface area (Å²) >= 11 is 1.43. The number of aryl methyl sites for hydroxylation is 1. The number of anilines is 2. The van der Waals surface area contributed by atoms with Gasteiger partial charge in [-0.05, 0) is 44.0 Å². The number of amides is 2. The van der Waals surface area contributed by atoms with Gasteiger partial charge < -0.3 is 16.0 Å². The van der Waals surface area contributed by atoms with Crippen LogP contribution in [0.3, 0.4) is 0 Å². The van der Waals surface area contributed by atoms with Crippen LogP contribution < -0.4 is 16.0 Å². The molecule has 2 heterocycles. The Hall–Kier alpha value is -3.00. The Morgan fingerprint density at radius 2 is 1.69 bits per heavy atom. The average molecular weight is 456 g/mol. The van der Waals surface area contributed by atoms with Crippen molar-refractivity contribution in [1.29, 1.82) is 0 Å². The fourth-order valence-corrected chi connectivity index (χ4v) is 4.65. The molecule has 8 heteroatoms. The number of Topliss-reactive ketones (excluding diaryl/α,β-unsaturated/α-hetero) is 2. The maximum absolute atomic E-state index is 12.4. The Bertz CT molecular complexity index is 993. The van der Waals surface area contributed by atoms with Crippen molar-refractivity contribution in [3.63, 3.8) is 0 Å². The molecule has 2 aromatic rings. The van der Waals surface area contributed by atoms with E-state index in [2.05, 4.69) is 10.2 Å². The van der Waals surface area contributed by atoms with E-state index in [1.807, 2.05) is 37.3 Å². The molecule has 1 saturated heterocycles. The number of carbonyl (C=O) groups is 4. The van der Waals surface area contributed by atoms with E-state index < -0.39 is 0 Å². The monoisotopic (exact) mass is 455 g/mol. The number of nitrogens with zero attached hydrogens (tertiary/aromatic N) is 1. The maximum Gasteiger partial charge on any atom is 0.224 e. The summed E-state index contributed by atoms with van der Waals surface area (Å²) in [7, 11) is 0. The highest BCUT2D eigenvalue weighted by Gasteiger charge is 2.24. The van der Waals surface area contributed by atoms with Gasteiger partial charge >= 0.3 is 0 Å². The highest BCUT2D eigenvalue weighted by Crippen LogP contribution is 2.30. The summed E-state index contributed by atoms with van der Waals surface area (Å²) in [5, 5.41) is 2.90. The van der Waals surface area contributed by atoms with Gasteiger partial charge in [0.2, 0.25) is 11.8 Å². The number of para-hydroxylation sites is 2. The first-order valence-corrected chi connectivity index (χ1v) is 11.7. The lowest BCUT2D eigenvalue weighted by atomic mass is 9.96. The van der Waals surface area contributed by atoms with Gasteiger partial charge in [-0.25, -0.2) is 0 Å². The molecule has 1 aromatic heterocycles. The third-order valence-corrected chi connectivity index (χ3v) is 6.73. The van der Waals surface area contributed by atoms with Gasteiger partial charge in [-0.3, -0.25) is 19.2 Å². The highest BCUT2D eigenvalue weighted by molar-refractivity contribution is 7.14. The molecule has 0 atom stereocenters. The molecule has 1 aliphatic rings. The topological polar surface area (TPSA) is 110 Å². The standard InChI is InChI=1S/C24H29N3O4S/c1-16-6-10-22(32-16)21(29)9-7-18(28)8-11-23(30)26-19-4-2-3-5-20(19)27-14-12-17(13-15-27)24(25)31/h2-6,10,17H,7-9,11-15H2,1H3,(H2,25,31)(H,26,30).